The van der Waals surface area contributed by atoms with Crippen LogP contribution >= 0.6 is 23.6 Å². The van der Waals surface area contributed by atoms with Crippen LogP contribution in [0.1, 0.15) is 37.5 Å². The molecule has 3 nitrogen and oxygen atoms in total. The van der Waals surface area contributed by atoms with E-state index in [4.69, 9.17) is 12.2 Å². The van der Waals surface area contributed by atoms with Crippen LogP contribution < -0.4 is 0 Å². The molecule has 0 aliphatic carbocycles. The maximum atomic E-state index is 12.8. The SMILES string of the molecule is Cc1ccc(C(=O)c2csc(=S)n2C(=O)c2ccc(C)cc2)cc1. The average molecular weight is 353 g/mol. The molecule has 0 saturated heterocycles. The van der Waals surface area contributed by atoms with E-state index in [-0.39, 0.29) is 11.7 Å². The van der Waals surface area contributed by atoms with E-state index in [1.165, 1.54) is 15.9 Å². The summed E-state index contributed by atoms with van der Waals surface area (Å²) in [6, 6.07) is 14.5. The molecule has 0 unspecified atom stereocenters. The minimum Gasteiger partial charge on any atom is -0.287 e. The third-order valence-corrected chi connectivity index (χ3v) is 4.94. The Labute approximate surface area is 149 Å². The smallest absolute Gasteiger partial charge is 0.264 e. The van der Waals surface area contributed by atoms with Crippen LogP contribution in [-0.2, 0) is 0 Å². The molecule has 0 aliphatic rings. The Morgan fingerprint density at radius 3 is 1.92 bits per heavy atom. The summed E-state index contributed by atoms with van der Waals surface area (Å²) in [6.07, 6.45) is 0. The van der Waals surface area contributed by atoms with Gasteiger partial charge in [0.1, 0.15) is 5.69 Å². The molecule has 0 spiro atoms. The second-order valence-corrected chi connectivity index (χ2v) is 7.09. The fourth-order valence-corrected chi connectivity index (χ4v) is 3.37. The lowest BCUT2D eigenvalue weighted by Crippen LogP contribution is -2.18. The number of carbonyl (C=O) groups excluding carboxylic acids is 2. The molecule has 0 fully saturated rings. The molecule has 1 heterocycles. The van der Waals surface area contributed by atoms with Crippen molar-refractivity contribution < 1.29 is 9.59 Å². The zero-order chi connectivity index (χ0) is 17.3. The maximum Gasteiger partial charge on any atom is 0.264 e. The molecule has 0 N–H and O–H groups in total. The number of aryl methyl sites for hydroxylation is 2. The third-order valence-electron chi connectivity index (χ3n) is 3.74. The topological polar surface area (TPSA) is 39.1 Å². The quantitative estimate of drug-likeness (QED) is 0.501. The van der Waals surface area contributed by atoms with Crippen LogP contribution in [0.4, 0.5) is 0 Å². The zero-order valence-corrected chi connectivity index (χ0v) is 14.9. The van der Waals surface area contributed by atoms with E-state index in [1.807, 2.05) is 38.1 Å². The van der Waals surface area contributed by atoms with Crippen LogP contribution in [0.5, 0.6) is 0 Å². The first kappa shape index (κ1) is 16.5. The van der Waals surface area contributed by atoms with Crippen LogP contribution in [0.3, 0.4) is 0 Å². The summed E-state index contributed by atoms with van der Waals surface area (Å²) in [5.41, 5.74) is 3.49. The fourth-order valence-electron chi connectivity index (χ4n) is 2.34. The van der Waals surface area contributed by atoms with Crippen molar-refractivity contribution in [2.24, 2.45) is 0 Å². The highest BCUT2D eigenvalue weighted by Crippen LogP contribution is 2.18. The van der Waals surface area contributed by atoms with Gasteiger partial charge in [-0.3, -0.25) is 14.2 Å². The Kier molecular flexibility index (Phi) is 4.55. The van der Waals surface area contributed by atoms with Gasteiger partial charge < -0.3 is 0 Å². The summed E-state index contributed by atoms with van der Waals surface area (Å²) < 4.78 is 1.70. The summed E-state index contributed by atoms with van der Waals surface area (Å²) in [5.74, 6) is -0.487. The van der Waals surface area contributed by atoms with Crippen molar-refractivity contribution in [3.05, 3.63) is 85.8 Å². The maximum absolute atomic E-state index is 12.8. The van der Waals surface area contributed by atoms with Crippen molar-refractivity contribution in [2.75, 3.05) is 0 Å². The molecular weight excluding hydrogens is 338 g/mol. The van der Waals surface area contributed by atoms with Gasteiger partial charge in [0.25, 0.3) is 5.91 Å². The first-order valence-corrected chi connectivity index (χ1v) is 8.69. The number of aromatic nitrogens is 1. The van der Waals surface area contributed by atoms with Gasteiger partial charge in [0.05, 0.1) is 0 Å². The average Bonchev–Trinajstić information content (AvgIpc) is 2.96. The van der Waals surface area contributed by atoms with Gasteiger partial charge in [-0.25, -0.2) is 0 Å². The number of benzene rings is 2. The van der Waals surface area contributed by atoms with E-state index >= 15 is 0 Å². The number of hydrogen-bond donors (Lipinski definition) is 0. The summed E-state index contributed by atoms with van der Waals surface area (Å²) in [6.45, 7) is 3.91. The van der Waals surface area contributed by atoms with Crippen molar-refractivity contribution in [3.8, 4) is 0 Å². The minimum atomic E-state index is -0.281. The minimum absolute atomic E-state index is 0.206. The lowest BCUT2D eigenvalue weighted by molar-refractivity contribution is 0.0932. The molecule has 3 rings (SSSR count). The van der Waals surface area contributed by atoms with Crippen molar-refractivity contribution >= 4 is 35.2 Å². The van der Waals surface area contributed by atoms with Crippen molar-refractivity contribution in [1.29, 1.82) is 0 Å². The van der Waals surface area contributed by atoms with Gasteiger partial charge in [0.15, 0.2) is 3.95 Å². The number of carbonyl (C=O) groups is 2. The van der Waals surface area contributed by atoms with Crippen molar-refractivity contribution in [3.63, 3.8) is 0 Å². The molecule has 5 heteroatoms. The number of rotatable bonds is 3. The van der Waals surface area contributed by atoms with Crippen LogP contribution in [0.25, 0.3) is 0 Å². The van der Waals surface area contributed by atoms with Crippen molar-refractivity contribution in [2.45, 2.75) is 13.8 Å². The molecular formula is C19H15NO2S2. The summed E-state index contributed by atoms with van der Waals surface area (Å²) in [5, 5.41) is 1.65. The molecule has 0 amide bonds. The molecule has 0 atom stereocenters. The van der Waals surface area contributed by atoms with Gasteiger partial charge in [0.2, 0.25) is 5.78 Å². The largest absolute Gasteiger partial charge is 0.287 e. The Balaban J connectivity index is 2.04. The molecule has 0 bridgehead atoms. The number of thiazole rings is 1. The number of ketones is 1. The van der Waals surface area contributed by atoms with Crippen LogP contribution in [-0.4, -0.2) is 16.3 Å². The standard InChI is InChI=1S/C19H15NO2S2/c1-12-3-7-14(8-4-12)17(21)16-11-24-19(23)20(16)18(22)15-9-5-13(2)6-10-15/h3-11H,1-2H3. The van der Waals surface area contributed by atoms with E-state index in [2.05, 4.69) is 0 Å². The Hall–Kier alpha value is -2.37. The van der Waals surface area contributed by atoms with Gasteiger partial charge in [-0.15, -0.1) is 11.3 Å². The molecule has 0 radical (unpaired) electrons. The summed E-state index contributed by atoms with van der Waals surface area (Å²) in [4.78, 5) is 25.6. The molecule has 24 heavy (non-hydrogen) atoms. The van der Waals surface area contributed by atoms with Gasteiger partial charge >= 0.3 is 0 Å². The number of hydrogen-bond acceptors (Lipinski definition) is 4. The lowest BCUT2D eigenvalue weighted by atomic mass is 10.1. The van der Waals surface area contributed by atoms with Crippen LogP contribution in [0, 0.1) is 17.8 Å². The highest BCUT2D eigenvalue weighted by atomic mass is 32.1. The van der Waals surface area contributed by atoms with Gasteiger partial charge in [0, 0.05) is 16.5 Å². The first-order chi connectivity index (χ1) is 11.5. The third kappa shape index (κ3) is 3.13. The summed E-state index contributed by atoms with van der Waals surface area (Å²) in [7, 11) is 0. The van der Waals surface area contributed by atoms with Gasteiger partial charge in [-0.05, 0) is 38.2 Å². The van der Waals surface area contributed by atoms with Crippen molar-refractivity contribution in [1.82, 2.24) is 4.57 Å². The second-order valence-electron chi connectivity index (χ2n) is 5.59. The lowest BCUT2D eigenvalue weighted by Gasteiger charge is -2.07. The monoisotopic (exact) mass is 353 g/mol. The molecule has 0 saturated carbocycles. The Morgan fingerprint density at radius 2 is 1.38 bits per heavy atom. The Morgan fingerprint density at radius 1 is 0.875 bits per heavy atom. The number of nitrogens with zero attached hydrogens (tertiary/aromatic N) is 1. The van der Waals surface area contributed by atoms with E-state index in [1.54, 1.807) is 29.6 Å². The predicted octanol–water partition coefficient (Wildman–Crippen LogP) is 4.82. The van der Waals surface area contributed by atoms with Crippen LogP contribution in [0.2, 0.25) is 0 Å². The van der Waals surface area contributed by atoms with Gasteiger partial charge in [-0.2, -0.15) is 0 Å². The van der Waals surface area contributed by atoms with E-state index in [0.717, 1.165) is 11.1 Å². The highest BCUT2D eigenvalue weighted by Gasteiger charge is 2.20. The predicted molar refractivity (Wildman–Crippen MR) is 98.7 cm³/mol. The Bertz CT molecular complexity index is 964. The summed E-state index contributed by atoms with van der Waals surface area (Å²) >= 11 is 6.49. The first-order valence-electron chi connectivity index (χ1n) is 7.40. The zero-order valence-electron chi connectivity index (χ0n) is 13.3. The molecule has 0 aliphatic heterocycles. The van der Waals surface area contributed by atoms with E-state index < -0.39 is 0 Å². The van der Waals surface area contributed by atoms with E-state index in [9.17, 15) is 9.59 Å². The second kappa shape index (κ2) is 6.63. The van der Waals surface area contributed by atoms with E-state index in [0.29, 0.717) is 20.8 Å². The molecule has 1 aromatic heterocycles. The molecule has 120 valence electrons. The normalized spacial score (nSPS) is 10.6. The van der Waals surface area contributed by atoms with Gasteiger partial charge in [-0.1, -0.05) is 47.5 Å². The molecule has 3 aromatic rings. The fraction of sp³-hybridized carbons (Fsp3) is 0.105. The highest BCUT2D eigenvalue weighted by molar-refractivity contribution is 7.73. The van der Waals surface area contributed by atoms with Crippen LogP contribution in [0.15, 0.2) is 53.9 Å². The molecule has 2 aromatic carbocycles.